The highest BCUT2D eigenvalue weighted by Gasteiger charge is 2.21. The summed E-state index contributed by atoms with van der Waals surface area (Å²) in [6.07, 6.45) is 3.98. The highest BCUT2D eigenvalue weighted by molar-refractivity contribution is 5.77. The first-order valence-corrected chi connectivity index (χ1v) is 3.77. The van der Waals surface area contributed by atoms with Crippen molar-refractivity contribution in [2.75, 3.05) is 13.6 Å². The van der Waals surface area contributed by atoms with Crippen molar-refractivity contribution in [3.05, 3.63) is 6.42 Å². The van der Waals surface area contributed by atoms with Gasteiger partial charge in [-0.05, 0) is 18.8 Å². The fraction of sp³-hybridized carbons (Fsp3) is 0.750. The monoisotopic (exact) mass is 140 g/mol. The van der Waals surface area contributed by atoms with E-state index in [1.54, 1.807) is 4.90 Å². The van der Waals surface area contributed by atoms with Crippen LogP contribution in [0.2, 0.25) is 0 Å². The average molecular weight is 140 g/mol. The van der Waals surface area contributed by atoms with Crippen LogP contribution in [-0.4, -0.2) is 24.4 Å². The van der Waals surface area contributed by atoms with Gasteiger partial charge >= 0.3 is 0 Å². The van der Waals surface area contributed by atoms with Crippen molar-refractivity contribution in [1.29, 1.82) is 0 Å². The topological polar surface area (TPSA) is 20.3 Å². The summed E-state index contributed by atoms with van der Waals surface area (Å²) < 4.78 is 0. The molecule has 0 aromatic rings. The zero-order valence-electron chi connectivity index (χ0n) is 6.63. The molecule has 0 aromatic heterocycles. The Hall–Kier alpha value is -0.530. The minimum atomic E-state index is 0.286. The number of carbonyl (C=O) groups is 1. The van der Waals surface area contributed by atoms with Gasteiger partial charge in [-0.3, -0.25) is 4.79 Å². The third kappa shape index (κ3) is 1.49. The molecule has 1 atom stereocenters. The Morgan fingerprint density at radius 3 is 2.90 bits per heavy atom. The number of hydrogen-bond acceptors (Lipinski definition) is 1. The summed E-state index contributed by atoms with van der Waals surface area (Å²) in [6.45, 7) is 2.96. The van der Waals surface area contributed by atoms with Crippen molar-refractivity contribution in [1.82, 2.24) is 4.90 Å². The first kappa shape index (κ1) is 7.58. The summed E-state index contributed by atoms with van der Waals surface area (Å²) in [5, 5.41) is 0. The van der Waals surface area contributed by atoms with Crippen LogP contribution in [0.15, 0.2) is 0 Å². The average Bonchev–Trinajstić information content (AvgIpc) is 1.95. The zero-order valence-corrected chi connectivity index (χ0v) is 6.63. The van der Waals surface area contributed by atoms with Crippen molar-refractivity contribution in [2.24, 2.45) is 5.92 Å². The summed E-state index contributed by atoms with van der Waals surface area (Å²) >= 11 is 0. The van der Waals surface area contributed by atoms with Gasteiger partial charge < -0.3 is 4.90 Å². The van der Waals surface area contributed by atoms with Crippen LogP contribution >= 0.6 is 0 Å². The summed E-state index contributed by atoms with van der Waals surface area (Å²) in [6, 6.07) is 0. The van der Waals surface area contributed by atoms with Crippen molar-refractivity contribution in [3.63, 3.8) is 0 Å². The molecule has 0 bridgehead atoms. The second kappa shape index (κ2) is 3.04. The van der Waals surface area contributed by atoms with E-state index in [2.05, 4.69) is 6.42 Å². The number of rotatable bonds is 1. The fourth-order valence-electron chi connectivity index (χ4n) is 1.25. The molecule has 1 aliphatic heterocycles. The van der Waals surface area contributed by atoms with E-state index < -0.39 is 0 Å². The molecule has 1 aliphatic rings. The van der Waals surface area contributed by atoms with Crippen LogP contribution in [-0.2, 0) is 4.79 Å². The summed E-state index contributed by atoms with van der Waals surface area (Å²) in [7, 11) is 1.87. The van der Waals surface area contributed by atoms with E-state index in [-0.39, 0.29) is 5.91 Å². The van der Waals surface area contributed by atoms with E-state index in [1.165, 1.54) is 0 Å². The molecular weight excluding hydrogens is 126 g/mol. The van der Waals surface area contributed by atoms with Crippen LogP contribution in [0.5, 0.6) is 0 Å². The van der Waals surface area contributed by atoms with Gasteiger partial charge in [-0.25, -0.2) is 0 Å². The van der Waals surface area contributed by atoms with E-state index in [0.29, 0.717) is 12.3 Å². The van der Waals surface area contributed by atoms with Gasteiger partial charge in [0.05, 0.1) is 0 Å². The normalized spacial score (nSPS) is 27.2. The van der Waals surface area contributed by atoms with Crippen molar-refractivity contribution >= 4 is 5.91 Å². The predicted octanol–water partition coefficient (Wildman–Crippen LogP) is 1.08. The lowest BCUT2D eigenvalue weighted by molar-refractivity contribution is -0.133. The molecule has 1 rings (SSSR count). The third-order valence-corrected chi connectivity index (χ3v) is 2.17. The molecule has 0 spiro atoms. The molecular formula is C8H14NO. The third-order valence-electron chi connectivity index (χ3n) is 2.17. The van der Waals surface area contributed by atoms with Gasteiger partial charge in [0, 0.05) is 20.0 Å². The number of carbonyl (C=O) groups excluding carboxylic acids is 1. The van der Waals surface area contributed by atoms with Crippen LogP contribution in [0.1, 0.15) is 19.8 Å². The predicted molar refractivity (Wildman–Crippen MR) is 40.3 cm³/mol. The SMILES string of the molecule is C[CH]C1CCN(C)C(=O)C1. The quantitative estimate of drug-likeness (QED) is 0.533. The largest absolute Gasteiger partial charge is 0.346 e. The molecule has 1 heterocycles. The number of amides is 1. The van der Waals surface area contributed by atoms with Gasteiger partial charge in [0.2, 0.25) is 5.91 Å². The Kier molecular flexibility index (Phi) is 2.30. The number of hydrogen-bond donors (Lipinski definition) is 0. The minimum absolute atomic E-state index is 0.286. The fourth-order valence-corrected chi connectivity index (χ4v) is 1.25. The van der Waals surface area contributed by atoms with Crippen LogP contribution in [0.3, 0.4) is 0 Å². The lowest BCUT2D eigenvalue weighted by Gasteiger charge is -2.27. The number of piperidine rings is 1. The number of nitrogens with zero attached hydrogens (tertiary/aromatic N) is 1. The molecule has 1 unspecified atom stereocenters. The Morgan fingerprint density at radius 2 is 2.40 bits per heavy atom. The van der Waals surface area contributed by atoms with Gasteiger partial charge in [-0.2, -0.15) is 0 Å². The molecule has 0 aliphatic carbocycles. The Morgan fingerprint density at radius 1 is 1.70 bits per heavy atom. The summed E-state index contributed by atoms with van der Waals surface area (Å²) in [5.41, 5.74) is 0. The van der Waals surface area contributed by atoms with Crippen LogP contribution in [0.4, 0.5) is 0 Å². The molecule has 2 nitrogen and oxygen atoms in total. The number of likely N-dealkylation sites (tertiary alicyclic amines) is 1. The van der Waals surface area contributed by atoms with Gasteiger partial charge in [0.1, 0.15) is 0 Å². The van der Waals surface area contributed by atoms with Gasteiger partial charge in [-0.15, -0.1) is 0 Å². The van der Waals surface area contributed by atoms with Crippen LogP contribution < -0.4 is 0 Å². The molecule has 1 radical (unpaired) electrons. The summed E-state index contributed by atoms with van der Waals surface area (Å²) in [4.78, 5) is 12.9. The standard InChI is InChI=1S/C8H14NO/c1-3-7-4-5-9(2)8(10)6-7/h3,7H,4-6H2,1-2H3. The van der Waals surface area contributed by atoms with Crippen LogP contribution in [0.25, 0.3) is 0 Å². The summed E-state index contributed by atoms with van der Waals surface area (Å²) in [5.74, 6) is 0.818. The second-order valence-electron chi connectivity index (χ2n) is 2.90. The van der Waals surface area contributed by atoms with Crippen molar-refractivity contribution in [3.8, 4) is 0 Å². The van der Waals surface area contributed by atoms with E-state index in [9.17, 15) is 4.79 Å². The first-order valence-electron chi connectivity index (χ1n) is 3.77. The lowest BCUT2D eigenvalue weighted by atomic mass is 9.94. The molecule has 1 fully saturated rings. The highest BCUT2D eigenvalue weighted by atomic mass is 16.2. The Bertz CT molecular complexity index is 133. The van der Waals surface area contributed by atoms with E-state index in [1.807, 2.05) is 14.0 Å². The molecule has 1 amide bonds. The Balaban J connectivity index is 2.41. The van der Waals surface area contributed by atoms with E-state index in [0.717, 1.165) is 13.0 Å². The van der Waals surface area contributed by atoms with E-state index >= 15 is 0 Å². The first-order chi connectivity index (χ1) is 4.74. The smallest absolute Gasteiger partial charge is 0.222 e. The molecule has 0 aromatic carbocycles. The van der Waals surface area contributed by atoms with Crippen LogP contribution in [0, 0.1) is 12.3 Å². The second-order valence-corrected chi connectivity index (χ2v) is 2.90. The van der Waals surface area contributed by atoms with Gasteiger partial charge in [0.25, 0.3) is 0 Å². The maximum atomic E-state index is 11.1. The molecule has 10 heavy (non-hydrogen) atoms. The van der Waals surface area contributed by atoms with E-state index in [4.69, 9.17) is 0 Å². The minimum Gasteiger partial charge on any atom is -0.346 e. The maximum Gasteiger partial charge on any atom is 0.222 e. The molecule has 1 saturated heterocycles. The van der Waals surface area contributed by atoms with Crippen molar-refractivity contribution < 1.29 is 4.79 Å². The molecule has 0 N–H and O–H groups in total. The Labute approximate surface area is 62.2 Å². The highest BCUT2D eigenvalue weighted by Crippen LogP contribution is 2.18. The van der Waals surface area contributed by atoms with Crippen molar-refractivity contribution in [2.45, 2.75) is 19.8 Å². The van der Waals surface area contributed by atoms with Gasteiger partial charge in [0.15, 0.2) is 0 Å². The zero-order chi connectivity index (χ0) is 7.56. The lowest BCUT2D eigenvalue weighted by Crippen LogP contribution is -2.35. The maximum absolute atomic E-state index is 11.1. The molecule has 0 saturated carbocycles. The van der Waals surface area contributed by atoms with Gasteiger partial charge in [-0.1, -0.05) is 6.92 Å². The molecule has 57 valence electrons. The molecule has 2 heteroatoms.